The van der Waals surface area contributed by atoms with Gasteiger partial charge in [0.15, 0.2) is 0 Å². The Bertz CT molecular complexity index is 700. The number of nitro benzene ring substituents is 1. The molecule has 1 N–H and O–H groups in total. The van der Waals surface area contributed by atoms with Gasteiger partial charge in [-0.3, -0.25) is 19.7 Å². The van der Waals surface area contributed by atoms with Crippen LogP contribution >= 0.6 is 0 Å². The average molecular weight is 345 g/mol. The molecule has 25 heavy (non-hydrogen) atoms. The van der Waals surface area contributed by atoms with Crippen LogP contribution in [0.2, 0.25) is 0 Å². The fourth-order valence-electron chi connectivity index (χ4n) is 3.31. The highest BCUT2D eigenvalue weighted by atomic mass is 16.6. The van der Waals surface area contributed by atoms with E-state index in [1.807, 2.05) is 0 Å². The highest BCUT2D eigenvalue weighted by Gasteiger charge is 2.31. The van der Waals surface area contributed by atoms with Crippen LogP contribution in [0, 0.1) is 28.9 Å². The van der Waals surface area contributed by atoms with Gasteiger partial charge in [-0.05, 0) is 44.6 Å². The molecule has 1 aromatic rings. The molecule has 1 heterocycles. The molecule has 0 spiro atoms. The summed E-state index contributed by atoms with van der Waals surface area (Å²) in [5.74, 6) is 0.203. The van der Waals surface area contributed by atoms with E-state index in [-0.39, 0.29) is 23.4 Å². The molecule has 1 saturated carbocycles. The van der Waals surface area contributed by atoms with E-state index in [0.29, 0.717) is 30.1 Å². The van der Waals surface area contributed by atoms with E-state index in [1.165, 1.54) is 25.0 Å². The smallest absolute Gasteiger partial charge is 0.273 e. The summed E-state index contributed by atoms with van der Waals surface area (Å²) >= 11 is 0. The van der Waals surface area contributed by atoms with E-state index in [0.717, 1.165) is 19.4 Å². The highest BCUT2D eigenvalue weighted by molar-refractivity contribution is 5.97. The maximum absolute atomic E-state index is 12.8. The fraction of sp³-hybridized carbons (Fsp3) is 0.556. The van der Waals surface area contributed by atoms with Gasteiger partial charge in [-0.15, -0.1) is 0 Å². The van der Waals surface area contributed by atoms with E-state index in [4.69, 9.17) is 0 Å². The Balaban J connectivity index is 1.68. The first-order valence-electron chi connectivity index (χ1n) is 8.78. The molecule has 0 aromatic heterocycles. The number of nitrogens with one attached hydrogen (secondary N) is 1. The number of carbonyl (C=O) groups is 2. The minimum atomic E-state index is -0.476. The van der Waals surface area contributed by atoms with E-state index in [2.05, 4.69) is 5.32 Å². The lowest BCUT2D eigenvalue weighted by Crippen LogP contribution is -2.45. The van der Waals surface area contributed by atoms with Crippen molar-refractivity contribution in [2.75, 3.05) is 19.6 Å². The third-order valence-corrected chi connectivity index (χ3v) is 5.07. The summed E-state index contributed by atoms with van der Waals surface area (Å²) in [5.41, 5.74) is 0.660. The molecule has 1 aliphatic heterocycles. The van der Waals surface area contributed by atoms with Crippen LogP contribution in [-0.2, 0) is 4.79 Å². The predicted octanol–water partition coefficient (Wildman–Crippen LogP) is 2.28. The number of nitro groups is 1. The van der Waals surface area contributed by atoms with Gasteiger partial charge < -0.3 is 10.2 Å². The number of amides is 2. The van der Waals surface area contributed by atoms with Crippen molar-refractivity contribution >= 4 is 17.5 Å². The molecule has 2 amide bonds. The molecule has 1 saturated heterocycles. The molecule has 2 fully saturated rings. The first kappa shape index (κ1) is 17.4. The van der Waals surface area contributed by atoms with E-state index in [9.17, 15) is 19.7 Å². The van der Waals surface area contributed by atoms with Gasteiger partial charge in [-0.25, -0.2) is 0 Å². The standard InChI is InChI=1S/C18H23N3O4/c1-12-15(5-2-6-16(12)21(24)25)18(23)20-9-3-4-14(11-20)17(22)19-10-13-7-8-13/h2,5-6,13-14H,3-4,7-11H2,1H3,(H,19,22)/t14-/m1/s1. The molecule has 3 rings (SSSR count). The second-order valence-electron chi connectivity index (χ2n) is 6.99. The minimum absolute atomic E-state index is 0.0140. The summed E-state index contributed by atoms with van der Waals surface area (Å²) in [6.45, 7) is 3.27. The summed E-state index contributed by atoms with van der Waals surface area (Å²) in [6.07, 6.45) is 3.90. The first-order chi connectivity index (χ1) is 12.0. The van der Waals surface area contributed by atoms with E-state index >= 15 is 0 Å². The van der Waals surface area contributed by atoms with E-state index < -0.39 is 4.92 Å². The third-order valence-electron chi connectivity index (χ3n) is 5.07. The molecule has 0 bridgehead atoms. The number of rotatable bonds is 5. The quantitative estimate of drug-likeness (QED) is 0.654. The Morgan fingerprint density at radius 1 is 1.32 bits per heavy atom. The zero-order chi connectivity index (χ0) is 18.0. The van der Waals surface area contributed by atoms with Crippen LogP contribution in [0.1, 0.15) is 41.6 Å². The van der Waals surface area contributed by atoms with Crippen molar-refractivity contribution in [3.8, 4) is 0 Å². The molecule has 1 aromatic carbocycles. The predicted molar refractivity (Wildman–Crippen MR) is 92.2 cm³/mol. The Labute approximate surface area is 146 Å². The lowest BCUT2D eigenvalue weighted by Gasteiger charge is -2.32. The van der Waals surface area contributed by atoms with Gasteiger partial charge in [-0.1, -0.05) is 6.07 Å². The zero-order valence-corrected chi connectivity index (χ0v) is 14.4. The maximum atomic E-state index is 12.8. The molecule has 7 nitrogen and oxygen atoms in total. The summed E-state index contributed by atoms with van der Waals surface area (Å²) < 4.78 is 0. The van der Waals surface area contributed by atoms with Crippen LogP contribution in [0.15, 0.2) is 18.2 Å². The number of likely N-dealkylation sites (tertiary alicyclic amines) is 1. The van der Waals surface area contributed by atoms with Gasteiger partial charge in [0.05, 0.1) is 10.8 Å². The van der Waals surface area contributed by atoms with Gasteiger partial charge in [0.2, 0.25) is 5.91 Å². The zero-order valence-electron chi connectivity index (χ0n) is 14.4. The first-order valence-corrected chi connectivity index (χ1v) is 8.78. The number of benzene rings is 1. The fourth-order valence-corrected chi connectivity index (χ4v) is 3.31. The summed E-state index contributed by atoms with van der Waals surface area (Å²) in [4.78, 5) is 37.4. The topological polar surface area (TPSA) is 92.6 Å². The molecule has 134 valence electrons. The van der Waals surface area contributed by atoms with Crippen molar-refractivity contribution in [3.05, 3.63) is 39.4 Å². The minimum Gasteiger partial charge on any atom is -0.356 e. The second-order valence-corrected chi connectivity index (χ2v) is 6.99. The Morgan fingerprint density at radius 3 is 2.76 bits per heavy atom. The Kier molecular flexibility index (Phi) is 5.01. The van der Waals surface area contributed by atoms with Crippen molar-refractivity contribution in [2.45, 2.75) is 32.6 Å². The van der Waals surface area contributed by atoms with Crippen LogP contribution in [-0.4, -0.2) is 41.3 Å². The van der Waals surface area contributed by atoms with Crippen LogP contribution in [0.4, 0.5) is 5.69 Å². The van der Waals surface area contributed by atoms with Crippen molar-refractivity contribution in [1.29, 1.82) is 0 Å². The summed E-state index contributed by atoms with van der Waals surface area (Å²) in [6, 6.07) is 4.54. The summed E-state index contributed by atoms with van der Waals surface area (Å²) in [5, 5.41) is 14.1. The SMILES string of the molecule is Cc1c(C(=O)N2CCC[C@@H](C(=O)NCC3CC3)C2)cccc1[N+](=O)[O-]. The van der Waals surface area contributed by atoms with Crippen LogP contribution < -0.4 is 5.32 Å². The van der Waals surface area contributed by atoms with Crippen molar-refractivity contribution in [2.24, 2.45) is 11.8 Å². The second kappa shape index (κ2) is 7.21. The average Bonchev–Trinajstić information content (AvgIpc) is 3.43. The van der Waals surface area contributed by atoms with Crippen molar-refractivity contribution in [3.63, 3.8) is 0 Å². The number of piperidine rings is 1. The van der Waals surface area contributed by atoms with Gasteiger partial charge >= 0.3 is 0 Å². The number of nitrogens with zero attached hydrogens (tertiary/aromatic N) is 2. The van der Waals surface area contributed by atoms with Crippen molar-refractivity contribution in [1.82, 2.24) is 10.2 Å². The molecular formula is C18H23N3O4. The van der Waals surface area contributed by atoms with Crippen LogP contribution in [0.5, 0.6) is 0 Å². The molecule has 1 aliphatic carbocycles. The van der Waals surface area contributed by atoms with Gasteiger partial charge in [0.25, 0.3) is 11.6 Å². The molecule has 7 heteroatoms. The highest BCUT2D eigenvalue weighted by Crippen LogP contribution is 2.28. The Hall–Kier alpha value is -2.44. The monoisotopic (exact) mass is 345 g/mol. The van der Waals surface area contributed by atoms with Crippen LogP contribution in [0.25, 0.3) is 0 Å². The molecule has 0 unspecified atom stereocenters. The van der Waals surface area contributed by atoms with Gasteiger partial charge in [-0.2, -0.15) is 0 Å². The number of carbonyl (C=O) groups excluding carboxylic acids is 2. The van der Waals surface area contributed by atoms with Gasteiger partial charge in [0, 0.05) is 36.8 Å². The Morgan fingerprint density at radius 2 is 2.08 bits per heavy atom. The number of hydrogen-bond donors (Lipinski definition) is 1. The van der Waals surface area contributed by atoms with E-state index in [1.54, 1.807) is 17.9 Å². The van der Waals surface area contributed by atoms with Crippen molar-refractivity contribution < 1.29 is 14.5 Å². The maximum Gasteiger partial charge on any atom is 0.273 e. The normalized spacial score (nSPS) is 20.2. The lowest BCUT2D eigenvalue weighted by molar-refractivity contribution is -0.385. The molecule has 1 atom stereocenters. The lowest BCUT2D eigenvalue weighted by atomic mass is 9.95. The number of hydrogen-bond acceptors (Lipinski definition) is 4. The third kappa shape index (κ3) is 3.97. The molecule has 0 radical (unpaired) electrons. The van der Waals surface area contributed by atoms with Crippen LogP contribution in [0.3, 0.4) is 0 Å². The molecular weight excluding hydrogens is 322 g/mol. The van der Waals surface area contributed by atoms with Gasteiger partial charge in [0.1, 0.15) is 0 Å². The molecule has 2 aliphatic rings. The largest absolute Gasteiger partial charge is 0.356 e. The summed E-state index contributed by atoms with van der Waals surface area (Å²) in [7, 11) is 0.